The van der Waals surface area contributed by atoms with Crippen molar-refractivity contribution in [1.29, 1.82) is 0 Å². The molecule has 0 saturated heterocycles. The molecule has 0 saturated carbocycles. The molecular weight excluding hydrogens is 229 g/mol. The number of nitrogens with two attached hydrogens (primary N) is 1. The smallest absolute Gasteiger partial charge is 0.144 e. The Morgan fingerprint density at radius 2 is 2.06 bits per heavy atom. The van der Waals surface area contributed by atoms with E-state index in [0.29, 0.717) is 17.1 Å². The summed E-state index contributed by atoms with van der Waals surface area (Å²) in [5.74, 6) is 0.155. The molecule has 0 atom stereocenters. The molecule has 0 spiro atoms. The Morgan fingerprint density at radius 3 is 2.56 bits per heavy atom. The first-order chi connectivity index (χ1) is 7.49. The van der Waals surface area contributed by atoms with Gasteiger partial charge in [-0.05, 0) is 24.6 Å². The summed E-state index contributed by atoms with van der Waals surface area (Å²) in [5, 5.41) is 4.30. The normalized spacial score (nSPS) is 10.8. The van der Waals surface area contributed by atoms with Crippen LogP contribution in [0.2, 0.25) is 5.02 Å². The Bertz CT molecular complexity index is 506. The monoisotopic (exact) mass is 239 g/mol. The van der Waals surface area contributed by atoms with E-state index in [-0.39, 0.29) is 5.02 Å². The molecule has 1 aromatic heterocycles. The van der Waals surface area contributed by atoms with E-state index in [1.54, 1.807) is 36.9 Å². The lowest BCUT2D eigenvalue weighted by Gasteiger charge is -2.02. The van der Waals surface area contributed by atoms with Crippen LogP contribution in [0.25, 0.3) is 11.3 Å². The molecule has 0 amide bonds. The van der Waals surface area contributed by atoms with Gasteiger partial charge in [0.1, 0.15) is 11.6 Å². The van der Waals surface area contributed by atoms with E-state index >= 15 is 0 Å². The van der Waals surface area contributed by atoms with Crippen molar-refractivity contribution in [2.75, 3.05) is 5.73 Å². The number of benzene rings is 1. The number of hydrogen-bond acceptors (Lipinski definition) is 2. The van der Waals surface area contributed by atoms with Gasteiger partial charge in [-0.3, -0.25) is 4.68 Å². The van der Waals surface area contributed by atoms with Gasteiger partial charge in [0.05, 0.1) is 10.7 Å². The summed E-state index contributed by atoms with van der Waals surface area (Å²) >= 11 is 5.77. The Balaban J connectivity index is 2.56. The van der Waals surface area contributed by atoms with Gasteiger partial charge in [0.15, 0.2) is 0 Å². The molecule has 2 rings (SSSR count). The maximum absolute atomic E-state index is 13.3. The van der Waals surface area contributed by atoms with E-state index in [4.69, 9.17) is 17.3 Å². The molecule has 0 aliphatic carbocycles. The number of halogens is 2. The Kier molecular flexibility index (Phi) is 2.59. The van der Waals surface area contributed by atoms with Crippen molar-refractivity contribution >= 4 is 17.4 Å². The zero-order chi connectivity index (χ0) is 11.9. The number of aryl methyl sites for hydroxylation is 2. The van der Waals surface area contributed by atoms with E-state index in [0.717, 1.165) is 5.56 Å². The second-order valence-corrected chi connectivity index (χ2v) is 4.07. The molecule has 0 aliphatic rings. The molecule has 2 N–H and O–H groups in total. The molecule has 1 aromatic carbocycles. The first-order valence-corrected chi connectivity index (χ1v) is 5.12. The number of rotatable bonds is 1. The molecule has 0 radical (unpaired) electrons. The molecule has 0 bridgehead atoms. The van der Waals surface area contributed by atoms with E-state index < -0.39 is 5.82 Å². The second kappa shape index (κ2) is 3.79. The first kappa shape index (κ1) is 11.0. The van der Waals surface area contributed by atoms with Crippen LogP contribution in [0.5, 0.6) is 0 Å². The lowest BCUT2D eigenvalue weighted by molar-refractivity contribution is 0.619. The summed E-state index contributed by atoms with van der Waals surface area (Å²) in [6, 6.07) is 4.97. The predicted octanol–water partition coefficient (Wildman–Crippen LogP) is 2.77. The first-order valence-electron chi connectivity index (χ1n) is 4.74. The zero-order valence-electron chi connectivity index (χ0n) is 8.96. The van der Waals surface area contributed by atoms with Crippen LogP contribution < -0.4 is 5.73 Å². The maximum Gasteiger partial charge on any atom is 0.144 e. The zero-order valence-corrected chi connectivity index (χ0v) is 9.72. The summed E-state index contributed by atoms with van der Waals surface area (Å²) < 4.78 is 14.9. The molecular formula is C11H11ClFN3. The molecule has 5 heteroatoms. The Morgan fingerprint density at radius 1 is 1.38 bits per heavy atom. The summed E-state index contributed by atoms with van der Waals surface area (Å²) in [5.41, 5.74) is 7.62. The molecule has 0 unspecified atom stereocenters. The highest BCUT2D eigenvalue weighted by Crippen LogP contribution is 2.27. The third-order valence-corrected chi connectivity index (χ3v) is 2.70. The number of hydrogen-bond donors (Lipinski definition) is 1. The minimum Gasteiger partial charge on any atom is -0.384 e. The highest BCUT2D eigenvalue weighted by Gasteiger charge is 2.10. The number of anilines is 1. The fraction of sp³-hybridized carbons (Fsp3) is 0.182. The van der Waals surface area contributed by atoms with Crippen molar-refractivity contribution in [3.8, 4) is 11.3 Å². The van der Waals surface area contributed by atoms with Crippen molar-refractivity contribution in [2.24, 2.45) is 7.05 Å². The SMILES string of the molecule is Cc1cc(-c2cc(N)n(C)n2)cc(Cl)c1F. The fourth-order valence-electron chi connectivity index (χ4n) is 1.50. The lowest BCUT2D eigenvalue weighted by atomic mass is 10.1. The van der Waals surface area contributed by atoms with Crippen LogP contribution in [-0.4, -0.2) is 9.78 Å². The molecule has 0 aliphatic heterocycles. The van der Waals surface area contributed by atoms with Gasteiger partial charge in [-0.1, -0.05) is 11.6 Å². The standard InChI is InChI=1S/C11H11ClFN3/c1-6-3-7(4-8(12)11(6)13)9-5-10(14)16(2)15-9/h3-5H,14H2,1-2H3. The highest BCUT2D eigenvalue weighted by molar-refractivity contribution is 6.31. The van der Waals surface area contributed by atoms with Crippen molar-refractivity contribution in [1.82, 2.24) is 9.78 Å². The lowest BCUT2D eigenvalue weighted by Crippen LogP contribution is -1.96. The van der Waals surface area contributed by atoms with Crippen LogP contribution in [0.1, 0.15) is 5.56 Å². The largest absolute Gasteiger partial charge is 0.384 e. The predicted molar refractivity (Wildman–Crippen MR) is 62.8 cm³/mol. The van der Waals surface area contributed by atoms with Gasteiger partial charge < -0.3 is 5.73 Å². The van der Waals surface area contributed by atoms with Crippen molar-refractivity contribution in [3.63, 3.8) is 0 Å². The summed E-state index contributed by atoms with van der Waals surface area (Å²) in [6.07, 6.45) is 0. The average Bonchev–Trinajstić information content (AvgIpc) is 2.55. The molecule has 84 valence electrons. The summed E-state index contributed by atoms with van der Waals surface area (Å²) in [6.45, 7) is 1.66. The van der Waals surface area contributed by atoms with Gasteiger partial charge in [0, 0.05) is 18.7 Å². The van der Waals surface area contributed by atoms with E-state index in [2.05, 4.69) is 5.10 Å². The van der Waals surface area contributed by atoms with Gasteiger partial charge in [-0.25, -0.2) is 4.39 Å². The topological polar surface area (TPSA) is 43.8 Å². The third kappa shape index (κ3) is 1.76. The molecule has 16 heavy (non-hydrogen) atoms. The minimum atomic E-state index is -0.394. The van der Waals surface area contributed by atoms with Gasteiger partial charge in [0.2, 0.25) is 0 Å². The Hall–Kier alpha value is -1.55. The molecule has 0 fully saturated rings. The van der Waals surface area contributed by atoms with Gasteiger partial charge in [-0.15, -0.1) is 0 Å². The number of aromatic nitrogens is 2. The second-order valence-electron chi connectivity index (χ2n) is 3.67. The van der Waals surface area contributed by atoms with E-state index in [1.807, 2.05) is 0 Å². The molecule has 2 aromatic rings. The molecule has 1 heterocycles. The number of nitrogens with zero attached hydrogens (tertiary/aromatic N) is 2. The fourth-order valence-corrected chi connectivity index (χ4v) is 1.76. The van der Waals surface area contributed by atoms with Crippen LogP contribution in [-0.2, 0) is 7.05 Å². The van der Waals surface area contributed by atoms with Crippen LogP contribution >= 0.6 is 11.6 Å². The minimum absolute atomic E-state index is 0.0965. The molecule has 3 nitrogen and oxygen atoms in total. The van der Waals surface area contributed by atoms with Crippen molar-refractivity contribution in [3.05, 3.63) is 34.6 Å². The van der Waals surface area contributed by atoms with Crippen LogP contribution in [0.15, 0.2) is 18.2 Å². The number of nitrogen functional groups attached to an aromatic ring is 1. The van der Waals surface area contributed by atoms with Crippen LogP contribution in [0.4, 0.5) is 10.2 Å². The van der Waals surface area contributed by atoms with Crippen LogP contribution in [0, 0.1) is 12.7 Å². The third-order valence-electron chi connectivity index (χ3n) is 2.42. The quantitative estimate of drug-likeness (QED) is 0.832. The van der Waals surface area contributed by atoms with Gasteiger partial charge in [0.25, 0.3) is 0 Å². The maximum atomic E-state index is 13.3. The van der Waals surface area contributed by atoms with Crippen LogP contribution in [0.3, 0.4) is 0 Å². The summed E-state index contributed by atoms with van der Waals surface area (Å²) in [7, 11) is 1.75. The van der Waals surface area contributed by atoms with Gasteiger partial charge in [-0.2, -0.15) is 5.10 Å². The summed E-state index contributed by atoms with van der Waals surface area (Å²) in [4.78, 5) is 0. The van der Waals surface area contributed by atoms with Crippen molar-refractivity contribution in [2.45, 2.75) is 6.92 Å². The van der Waals surface area contributed by atoms with E-state index in [1.165, 1.54) is 0 Å². The van der Waals surface area contributed by atoms with Crippen molar-refractivity contribution < 1.29 is 4.39 Å². The van der Waals surface area contributed by atoms with E-state index in [9.17, 15) is 4.39 Å². The Labute approximate surface area is 97.6 Å². The highest BCUT2D eigenvalue weighted by atomic mass is 35.5. The van der Waals surface area contributed by atoms with Gasteiger partial charge >= 0.3 is 0 Å². The average molecular weight is 240 g/mol.